The van der Waals surface area contributed by atoms with Crippen molar-refractivity contribution in [3.63, 3.8) is 0 Å². The highest BCUT2D eigenvalue weighted by Gasteiger charge is 2.22. The highest BCUT2D eigenvalue weighted by Crippen LogP contribution is 2.31. The van der Waals surface area contributed by atoms with Gasteiger partial charge in [-0.15, -0.1) is 0 Å². The van der Waals surface area contributed by atoms with Crippen molar-refractivity contribution < 1.29 is 10.2 Å². The van der Waals surface area contributed by atoms with Crippen LogP contribution in [-0.2, 0) is 0 Å². The summed E-state index contributed by atoms with van der Waals surface area (Å²) >= 11 is 6.88. The topological polar surface area (TPSA) is 52.5 Å². The van der Waals surface area contributed by atoms with Gasteiger partial charge in [0.2, 0.25) is 0 Å². The lowest BCUT2D eigenvalue weighted by atomic mass is 9.93. The Morgan fingerprint density at radius 2 is 1.69 bits per heavy atom. The molecule has 1 rings (SSSR count). The van der Waals surface area contributed by atoms with E-state index in [-0.39, 0.29) is 13.2 Å². The molecule has 0 atom stereocenters. The van der Waals surface area contributed by atoms with E-state index in [2.05, 4.69) is 37.2 Å². The van der Waals surface area contributed by atoms with Crippen LogP contribution < -0.4 is 5.32 Å². The van der Waals surface area contributed by atoms with Crippen LogP contribution in [0.1, 0.15) is 6.92 Å². The molecule has 0 aliphatic heterocycles. The van der Waals surface area contributed by atoms with Crippen LogP contribution in [0.4, 0.5) is 5.69 Å². The molecular weight excluding hydrogens is 338 g/mol. The number of halogens is 2. The van der Waals surface area contributed by atoms with Crippen molar-refractivity contribution >= 4 is 37.5 Å². The van der Waals surface area contributed by atoms with Gasteiger partial charge in [-0.25, -0.2) is 0 Å². The number of benzene rings is 1. The zero-order valence-corrected chi connectivity index (χ0v) is 12.2. The standard InChI is InChI=1S/C11H15Br2NO2/c1-11(6-15,7-16)5-14-10-8(12)3-2-4-9(10)13/h2-4,14-16H,5-7H2,1H3. The van der Waals surface area contributed by atoms with E-state index in [9.17, 15) is 10.2 Å². The molecule has 0 saturated heterocycles. The molecule has 0 bridgehead atoms. The van der Waals surface area contributed by atoms with E-state index in [0.717, 1.165) is 14.6 Å². The number of aliphatic hydroxyl groups excluding tert-OH is 2. The van der Waals surface area contributed by atoms with Crippen molar-refractivity contribution in [2.45, 2.75) is 6.92 Å². The summed E-state index contributed by atoms with van der Waals surface area (Å²) in [7, 11) is 0. The Labute approximate surface area is 112 Å². The molecule has 3 nitrogen and oxygen atoms in total. The minimum Gasteiger partial charge on any atom is -0.396 e. The Morgan fingerprint density at radius 3 is 2.12 bits per heavy atom. The molecule has 5 heteroatoms. The Morgan fingerprint density at radius 1 is 1.19 bits per heavy atom. The normalized spacial score (nSPS) is 11.6. The van der Waals surface area contributed by atoms with Gasteiger partial charge in [-0.05, 0) is 44.0 Å². The first kappa shape index (κ1) is 14.0. The molecule has 0 spiro atoms. The number of aliphatic hydroxyl groups is 2. The Kier molecular flexibility index (Phi) is 5.24. The number of rotatable bonds is 5. The fourth-order valence-corrected chi connectivity index (χ4v) is 2.41. The van der Waals surface area contributed by atoms with Crippen LogP contribution in [-0.4, -0.2) is 30.0 Å². The molecule has 0 heterocycles. The van der Waals surface area contributed by atoms with Crippen LogP contribution in [0.5, 0.6) is 0 Å². The molecule has 16 heavy (non-hydrogen) atoms. The molecule has 0 aromatic heterocycles. The molecule has 1 aromatic rings. The maximum absolute atomic E-state index is 9.18. The smallest absolute Gasteiger partial charge is 0.0629 e. The summed E-state index contributed by atoms with van der Waals surface area (Å²) in [5.74, 6) is 0. The monoisotopic (exact) mass is 351 g/mol. The van der Waals surface area contributed by atoms with Crippen LogP contribution in [0.25, 0.3) is 0 Å². The number of hydrogen-bond acceptors (Lipinski definition) is 3. The van der Waals surface area contributed by atoms with Gasteiger partial charge in [0.15, 0.2) is 0 Å². The summed E-state index contributed by atoms with van der Waals surface area (Å²) in [4.78, 5) is 0. The zero-order chi connectivity index (χ0) is 12.2. The van der Waals surface area contributed by atoms with E-state index < -0.39 is 5.41 Å². The van der Waals surface area contributed by atoms with Gasteiger partial charge in [0.25, 0.3) is 0 Å². The Balaban J connectivity index is 2.75. The van der Waals surface area contributed by atoms with E-state index in [1.54, 1.807) is 0 Å². The molecule has 0 fully saturated rings. The van der Waals surface area contributed by atoms with Gasteiger partial charge in [0.05, 0.1) is 18.9 Å². The van der Waals surface area contributed by atoms with E-state index in [1.165, 1.54) is 0 Å². The second kappa shape index (κ2) is 6.00. The molecule has 90 valence electrons. The minimum absolute atomic E-state index is 0.0570. The molecular formula is C11H15Br2NO2. The van der Waals surface area contributed by atoms with Crippen LogP contribution in [0.3, 0.4) is 0 Å². The summed E-state index contributed by atoms with van der Waals surface area (Å²) in [6.07, 6.45) is 0. The SMILES string of the molecule is CC(CO)(CO)CNc1c(Br)cccc1Br. The summed E-state index contributed by atoms with van der Waals surface area (Å²) in [6, 6.07) is 5.79. The average molecular weight is 353 g/mol. The average Bonchev–Trinajstić information content (AvgIpc) is 2.28. The zero-order valence-electron chi connectivity index (χ0n) is 9.00. The van der Waals surface area contributed by atoms with Gasteiger partial charge in [0.1, 0.15) is 0 Å². The largest absolute Gasteiger partial charge is 0.396 e. The van der Waals surface area contributed by atoms with Crippen LogP contribution >= 0.6 is 31.9 Å². The van der Waals surface area contributed by atoms with Crippen LogP contribution in [0, 0.1) is 5.41 Å². The Bertz CT molecular complexity index is 334. The maximum atomic E-state index is 9.18. The molecule has 1 aromatic carbocycles. The summed E-state index contributed by atoms with van der Waals surface area (Å²) in [5, 5.41) is 21.6. The number of anilines is 1. The second-order valence-electron chi connectivity index (χ2n) is 4.08. The third-order valence-electron chi connectivity index (χ3n) is 2.42. The molecule has 3 N–H and O–H groups in total. The summed E-state index contributed by atoms with van der Waals surface area (Å²) < 4.78 is 1.89. The van der Waals surface area contributed by atoms with E-state index >= 15 is 0 Å². The quantitative estimate of drug-likeness (QED) is 0.763. The molecule has 0 aliphatic rings. The van der Waals surface area contributed by atoms with Gasteiger partial charge < -0.3 is 15.5 Å². The van der Waals surface area contributed by atoms with Crippen molar-refractivity contribution in [1.29, 1.82) is 0 Å². The van der Waals surface area contributed by atoms with E-state index in [4.69, 9.17) is 0 Å². The second-order valence-corrected chi connectivity index (χ2v) is 5.79. The first-order valence-corrected chi connectivity index (χ1v) is 6.50. The molecule has 0 aliphatic carbocycles. The van der Waals surface area contributed by atoms with Gasteiger partial charge in [0, 0.05) is 20.9 Å². The molecule has 0 amide bonds. The number of para-hydroxylation sites is 1. The molecule has 0 unspecified atom stereocenters. The lowest BCUT2D eigenvalue weighted by molar-refractivity contribution is 0.0806. The van der Waals surface area contributed by atoms with Crippen molar-refractivity contribution in [3.05, 3.63) is 27.1 Å². The Hall–Kier alpha value is -0.100. The van der Waals surface area contributed by atoms with E-state index in [1.807, 2.05) is 25.1 Å². The lowest BCUT2D eigenvalue weighted by Gasteiger charge is -2.26. The predicted molar refractivity (Wildman–Crippen MR) is 72.6 cm³/mol. The maximum Gasteiger partial charge on any atom is 0.0629 e. The van der Waals surface area contributed by atoms with E-state index in [0.29, 0.717) is 6.54 Å². The van der Waals surface area contributed by atoms with Gasteiger partial charge in [-0.2, -0.15) is 0 Å². The predicted octanol–water partition coefficient (Wildman–Crippen LogP) is 2.61. The van der Waals surface area contributed by atoms with Gasteiger partial charge >= 0.3 is 0 Å². The van der Waals surface area contributed by atoms with Crippen LogP contribution in [0.2, 0.25) is 0 Å². The first-order valence-electron chi connectivity index (χ1n) is 4.92. The summed E-state index contributed by atoms with van der Waals surface area (Å²) in [6.45, 7) is 2.21. The number of hydrogen-bond donors (Lipinski definition) is 3. The third-order valence-corrected chi connectivity index (χ3v) is 3.74. The minimum atomic E-state index is -0.519. The van der Waals surface area contributed by atoms with Crippen molar-refractivity contribution in [3.8, 4) is 0 Å². The highest BCUT2D eigenvalue weighted by atomic mass is 79.9. The fourth-order valence-electron chi connectivity index (χ4n) is 1.13. The summed E-state index contributed by atoms with van der Waals surface area (Å²) in [5.41, 5.74) is 0.407. The van der Waals surface area contributed by atoms with Crippen molar-refractivity contribution in [2.75, 3.05) is 25.1 Å². The van der Waals surface area contributed by atoms with Crippen molar-refractivity contribution in [1.82, 2.24) is 0 Å². The van der Waals surface area contributed by atoms with Crippen molar-refractivity contribution in [2.24, 2.45) is 5.41 Å². The lowest BCUT2D eigenvalue weighted by Crippen LogP contribution is -2.34. The van der Waals surface area contributed by atoms with Crippen LogP contribution in [0.15, 0.2) is 27.1 Å². The third kappa shape index (κ3) is 3.45. The first-order chi connectivity index (χ1) is 7.52. The number of nitrogens with one attached hydrogen (secondary N) is 1. The highest BCUT2D eigenvalue weighted by molar-refractivity contribution is 9.11. The fraction of sp³-hybridized carbons (Fsp3) is 0.455. The molecule has 0 radical (unpaired) electrons. The van der Waals surface area contributed by atoms with Gasteiger partial charge in [-0.1, -0.05) is 13.0 Å². The molecule has 0 saturated carbocycles. The van der Waals surface area contributed by atoms with Gasteiger partial charge in [-0.3, -0.25) is 0 Å².